The van der Waals surface area contributed by atoms with Gasteiger partial charge in [0.2, 0.25) is 0 Å². The summed E-state index contributed by atoms with van der Waals surface area (Å²) in [5, 5.41) is 13.3. The first-order valence-electron chi connectivity index (χ1n) is 6.27. The van der Waals surface area contributed by atoms with Crippen LogP contribution in [-0.4, -0.2) is 16.6 Å². The number of hydrogen-bond donors (Lipinski definition) is 2. The maximum absolute atomic E-state index is 10.4. The van der Waals surface area contributed by atoms with Crippen molar-refractivity contribution in [3.8, 4) is 5.75 Å². The standard InChI is InChI=1S/C16H12N2O/c19-16-11-6-2-4-8-14(11)18-15(16)12-9-17-13-7-3-1-5-10(12)13/h1-8,18-19H,9H2. The average Bonchev–Trinajstić information content (AvgIpc) is 3.01. The van der Waals surface area contributed by atoms with Crippen molar-refractivity contribution >= 4 is 16.5 Å². The summed E-state index contributed by atoms with van der Waals surface area (Å²) in [5.41, 5.74) is 2.80. The molecule has 3 nitrogen and oxygen atoms in total. The topological polar surface area (TPSA) is 48.4 Å². The number of fused-ring (bicyclic) bond motifs is 2. The lowest BCUT2D eigenvalue weighted by molar-refractivity contribution is 0.479. The lowest BCUT2D eigenvalue weighted by Gasteiger charge is -1.99. The Bertz CT molecular complexity index is 906. The van der Waals surface area contributed by atoms with Gasteiger partial charge < -0.3 is 10.1 Å². The van der Waals surface area contributed by atoms with Crippen LogP contribution in [0.2, 0.25) is 0 Å². The molecule has 1 aliphatic rings. The normalized spacial score (nSPS) is 13.6. The number of nitrogens with one attached hydrogen (secondary N) is 1. The van der Waals surface area contributed by atoms with E-state index in [2.05, 4.69) is 9.98 Å². The Kier molecular flexibility index (Phi) is 2.03. The molecule has 1 aromatic heterocycles. The van der Waals surface area contributed by atoms with Crippen molar-refractivity contribution < 1.29 is 5.11 Å². The summed E-state index contributed by atoms with van der Waals surface area (Å²) in [4.78, 5) is 7.80. The minimum Gasteiger partial charge on any atom is -0.505 e. The first-order valence-corrected chi connectivity index (χ1v) is 6.27. The molecule has 0 atom stereocenters. The van der Waals surface area contributed by atoms with Crippen molar-refractivity contribution in [1.82, 2.24) is 4.98 Å². The maximum atomic E-state index is 10.4. The Labute approximate surface area is 109 Å². The second-order valence-electron chi connectivity index (χ2n) is 4.71. The highest BCUT2D eigenvalue weighted by atomic mass is 16.3. The predicted molar refractivity (Wildman–Crippen MR) is 74.6 cm³/mol. The fraction of sp³-hybridized carbons (Fsp3) is 0.0625. The number of rotatable bonds is 1. The number of aromatic nitrogens is 1. The number of benzene rings is 2. The van der Waals surface area contributed by atoms with Crippen molar-refractivity contribution in [2.24, 2.45) is 4.99 Å². The molecular formula is C16H12N2O. The van der Waals surface area contributed by atoms with Crippen molar-refractivity contribution in [2.45, 2.75) is 0 Å². The summed E-state index contributed by atoms with van der Waals surface area (Å²) in [5.74, 6) is 0.317. The van der Waals surface area contributed by atoms with Gasteiger partial charge in [-0.05, 0) is 18.2 Å². The molecule has 4 rings (SSSR count). The van der Waals surface area contributed by atoms with Crippen molar-refractivity contribution in [3.05, 3.63) is 64.8 Å². The number of nitrogens with zero attached hydrogens (tertiary/aromatic N) is 1. The van der Waals surface area contributed by atoms with Crippen LogP contribution in [0.5, 0.6) is 5.75 Å². The van der Waals surface area contributed by atoms with Crippen molar-refractivity contribution in [2.75, 3.05) is 6.54 Å². The van der Waals surface area contributed by atoms with Gasteiger partial charge >= 0.3 is 0 Å². The third-order valence-corrected chi connectivity index (χ3v) is 3.62. The lowest BCUT2D eigenvalue weighted by atomic mass is 10.1. The van der Waals surface area contributed by atoms with Crippen LogP contribution in [0.25, 0.3) is 16.5 Å². The Morgan fingerprint density at radius 2 is 1.79 bits per heavy atom. The maximum Gasteiger partial charge on any atom is 0.148 e. The smallest absolute Gasteiger partial charge is 0.148 e. The summed E-state index contributed by atoms with van der Waals surface area (Å²) in [6.45, 7) is 0.611. The van der Waals surface area contributed by atoms with E-state index < -0.39 is 0 Å². The van der Waals surface area contributed by atoms with Gasteiger partial charge in [-0.2, -0.15) is 0 Å². The van der Waals surface area contributed by atoms with Crippen LogP contribution in [0.15, 0.2) is 53.5 Å². The van der Waals surface area contributed by atoms with E-state index in [-0.39, 0.29) is 0 Å². The van der Waals surface area contributed by atoms with E-state index >= 15 is 0 Å². The minimum atomic E-state index is 0.317. The van der Waals surface area contributed by atoms with E-state index in [1.807, 2.05) is 48.5 Å². The fourth-order valence-corrected chi connectivity index (χ4v) is 2.68. The molecule has 2 N–H and O–H groups in total. The quantitative estimate of drug-likeness (QED) is 0.676. The molecule has 0 aliphatic carbocycles. The molecule has 0 spiro atoms. The van der Waals surface area contributed by atoms with Gasteiger partial charge in [0.15, 0.2) is 0 Å². The van der Waals surface area contributed by atoms with Crippen LogP contribution in [0.3, 0.4) is 0 Å². The van der Waals surface area contributed by atoms with E-state index in [1.165, 1.54) is 0 Å². The Balaban J connectivity index is 2.08. The van der Waals surface area contributed by atoms with Crippen LogP contribution in [0, 0.1) is 0 Å². The van der Waals surface area contributed by atoms with Gasteiger partial charge in [-0.1, -0.05) is 30.3 Å². The molecule has 0 radical (unpaired) electrons. The number of hydrogen-bond acceptors (Lipinski definition) is 2. The molecular weight excluding hydrogens is 236 g/mol. The Morgan fingerprint density at radius 1 is 1.00 bits per heavy atom. The molecule has 1 aliphatic heterocycles. The van der Waals surface area contributed by atoms with Crippen LogP contribution in [0.1, 0.15) is 5.69 Å². The van der Waals surface area contributed by atoms with Gasteiger partial charge in [0, 0.05) is 21.7 Å². The molecule has 0 fully saturated rings. The van der Waals surface area contributed by atoms with Gasteiger partial charge in [0.25, 0.3) is 0 Å². The zero-order valence-corrected chi connectivity index (χ0v) is 10.2. The van der Waals surface area contributed by atoms with Crippen molar-refractivity contribution in [3.63, 3.8) is 0 Å². The lowest BCUT2D eigenvalue weighted by Crippen LogP contribution is -2.22. The molecule has 3 heteroatoms. The van der Waals surface area contributed by atoms with Crippen LogP contribution in [-0.2, 0) is 0 Å². The molecule has 0 unspecified atom stereocenters. The fourth-order valence-electron chi connectivity index (χ4n) is 2.68. The molecule has 92 valence electrons. The zero-order chi connectivity index (χ0) is 12.8. The molecule has 2 aromatic carbocycles. The highest BCUT2D eigenvalue weighted by Gasteiger charge is 2.16. The highest BCUT2D eigenvalue weighted by Crippen LogP contribution is 2.32. The van der Waals surface area contributed by atoms with Gasteiger partial charge in [-0.15, -0.1) is 0 Å². The number of para-hydroxylation sites is 2. The monoisotopic (exact) mass is 248 g/mol. The summed E-state index contributed by atoms with van der Waals surface area (Å²) < 4.78 is 0. The predicted octanol–water partition coefficient (Wildman–Crippen LogP) is 1.71. The number of aromatic amines is 1. The summed E-state index contributed by atoms with van der Waals surface area (Å²) in [7, 11) is 0. The van der Waals surface area contributed by atoms with Gasteiger partial charge in [-0.25, -0.2) is 0 Å². The number of H-pyrrole nitrogens is 1. The van der Waals surface area contributed by atoms with Crippen LogP contribution >= 0.6 is 0 Å². The summed E-state index contributed by atoms with van der Waals surface area (Å²) in [6.07, 6.45) is 0. The Hall–Kier alpha value is -2.55. The summed E-state index contributed by atoms with van der Waals surface area (Å²) in [6, 6.07) is 15.8. The SMILES string of the molecule is Oc1c(C2=c3ccccc3=NC2)[nH]c2ccccc12. The van der Waals surface area contributed by atoms with Crippen molar-refractivity contribution in [1.29, 1.82) is 0 Å². The molecule has 0 amide bonds. The Morgan fingerprint density at radius 3 is 2.68 bits per heavy atom. The first-order chi connectivity index (χ1) is 9.34. The minimum absolute atomic E-state index is 0.317. The second-order valence-corrected chi connectivity index (χ2v) is 4.71. The van der Waals surface area contributed by atoms with Gasteiger partial charge in [0.05, 0.1) is 17.6 Å². The third kappa shape index (κ3) is 1.41. The molecule has 19 heavy (non-hydrogen) atoms. The zero-order valence-electron chi connectivity index (χ0n) is 10.2. The average molecular weight is 248 g/mol. The molecule has 0 saturated heterocycles. The van der Waals surface area contributed by atoms with E-state index in [9.17, 15) is 5.11 Å². The van der Waals surface area contributed by atoms with E-state index in [4.69, 9.17) is 0 Å². The van der Waals surface area contributed by atoms with Crippen LogP contribution in [0.4, 0.5) is 0 Å². The molecule has 3 aromatic rings. The molecule has 0 bridgehead atoms. The third-order valence-electron chi connectivity index (χ3n) is 3.62. The largest absolute Gasteiger partial charge is 0.505 e. The second kappa shape index (κ2) is 3.72. The first kappa shape index (κ1) is 10.4. The van der Waals surface area contributed by atoms with E-state index in [0.717, 1.165) is 32.7 Å². The number of aromatic hydroxyl groups is 1. The van der Waals surface area contributed by atoms with Crippen LogP contribution < -0.4 is 10.6 Å². The summed E-state index contributed by atoms with van der Waals surface area (Å²) >= 11 is 0. The highest BCUT2D eigenvalue weighted by molar-refractivity contribution is 5.92. The molecule has 2 heterocycles. The van der Waals surface area contributed by atoms with E-state index in [0.29, 0.717) is 12.3 Å². The van der Waals surface area contributed by atoms with Gasteiger partial charge in [-0.3, -0.25) is 4.99 Å². The van der Waals surface area contributed by atoms with E-state index in [1.54, 1.807) is 0 Å². The molecule has 0 saturated carbocycles. The van der Waals surface area contributed by atoms with Gasteiger partial charge in [0.1, 0.15) is 5.75 Å².